The summed E-state index contributed by atoms with van der Waals surface area (Å²) in [5.41, 5.74) is 0.371. The number of ether oxygens (including phenoxy) is 1. The normalized spacial score (nSPS) is 30.5. The highest BCUT2D eigenvalue weighted by atomic mass is 16.5. The van der Waals surface area contributed by atoms with E-state index in [0.29, 0.717) is 12.0 Å². The molecule has 0 saturated heterocycles. The van der Waals surface area contributed by atoms with Gasteiger partial charge in [0.25, 0.3) is 0 Å². The molecule has 6 nitrogen and oxygen atoms in total. The molecular formula is C17H20N2O4. The molecule has 4 atom stereocenters. The molecule has 1 aliphatic carbocycles. The van der Waals surface area contributed by atoms with E-state index < -0.39 is 17.8 Å². The van der Waals surface area contributed by atoms with Crippen molar-refractivity contribution in [2.45, 2.75) is 30.1 Å². The van der Waals surface area contributed by atoms with Gasteiger partial charge >= 0.3 is 0 Å². The Labute approximate surface area is 134 Å². The van der Waals surface area contributed by atoms with E-state index in [2.05, 4.69) is 9.97 Å². The largest absolute Gasteiger partial charge is 0.394 e. The SMILES string of the molecule is OCCOC1(c2cccnc2)C(c2cccnc2)CC(O)C1O. The smallest absolute Gasteiger partial charge is 0.130 e. The second kappa shape index (κ2) is 6.72. The van der Waals surface area contributed by atoms with Crippen LogP contribution in [0.25, 0.3) is 0 Å². The summed E-state index contributed by atoms with van der Waals surface area (Å²) in [5.74, 6) is -0.294. The summed E-state index contributed by atoms with van der Waals surface area (Å²) >= 11 is 0. The third-order valence-electron chi connectivity index (χ3n) is 4.43. The first kappa shape index (κ1) is 16.0. The van der Waals surface area contributed by atoms with Crippen LogP contribution in [-0.4, -0.2) is 50.7 Å². The predicted octanol–water partition coefficient (Wildman–Crippen LogP) is 0.590. The van der Waals surface area contributed by atoms with Crippen LogP contribution in [0.4, 0.5) is 0 Å². The fourth-order valence-corrected chi connectivity index (χ4v) is 3.45. The van der Waals surface area contributed by atoms with Gasteiger partial charge in [0.15, 0.2) is 0 Å². The average molecular weight is 316 g/mol. The molecule has 3 N–H and O–H groups in total. The molecule has 6 heteroatoms. The van der Waals surface area contributed by atoms with Crippen molar-refractivity contribution in [3.8, 4) is 0 Å². The van der Waals surface area contributed by atoms with Crippen LogP contribution in [0.15, 0.2) is 49.1 Å². The molecule has 3 rings (SSSR count). The highest BCUT2D eigenvalue weighted by Gasteiger charge is 2.57. The van der Waals surface area contributed by atoms with Gasteiger partial charge in [-0.2, -0.15) is 0 Å². The molecule has 0 spiro atoms. The van der Waals surface area contributed by atoms with E-state index in [0.717, 1.165) is 5.56 Å². The van der Waals surface area contributed by atoms with Gasteiger partial charge < -0.3 is 20.1 Å². The Bertz CT molecular complexity index is 625. The molecule has 4 unspecified atom stereocenters. The Kier molecular flexibility index (Phi) is 4.68. The fraction of sp³-hybridized carbons (Fsp3) is 0.412. The number of nitrogens with zero attached hydrogens (tertiary/aromatic N) is 2. The van der Waals surface area contributed by atoms with Crippen molar-refractivity contribution in [2.75, 3.05) is 13.2 Å². The van der Waals surface area contributed by atoms with Crippen molar-refractivity contribution in [3.63, 3.8) is 0 Å². The second-order valence-electron chi connectivity index (χ2n) is 5.69. The minimum atomic E-state index is -1.17. The number of rotatable bonds is 5. The molecule has 0 bridgehead atoms. The molecule has 2 aromatic heterocycles. The summed E-state index contributed by atoms with van der Waals surface area (Å²) in [6.45, 7) is -0.125. The van der Waals surface area contributed by atoms with Gasteiger partial charge in [-0.05, 0) is 24.1 Å². The van der Waals surface area contributed by atoms with E-state index >= 15 is 0 Å². The maximum Gasteiger partial charge on any atom is 0.130 e. The van der Waals surface area contributed by atoms with Crippen molar-refractivity contribution < 1.29 is 20.1 Å². The van der Waals surface area contributed by atoms with Gasteiger partial charge in [0.1, 0.15) is 11.7 Å². The minimum Gasteiger partial charge on any atom is -0.394 e. The molecular weight excluding hydrogens is 296 g/mol. The maximum absolute atomic E-state index is 10.7. The standard InChI is InChI=1S/C17H20N2O4/c20-7-8-23-17(13-4-2-6-19-11-13)14(9-15(21)16(17)22)12-3-1-5-18-10-12/h1-6,10-11,14-16,20-22H,7-9H2. The molecule has 1 aliphatic rings. The zero-order chi connectivity index (χ0) is 16.3. The summed E-state index contributed by atoms with van der Waals surface area (Å²) in [6.07, 6.45) is 4.94. The van der Waals surface area contributed by atoms with Crippen molar-refractivity contribution in [2.24, 2.45) is 0 Å². The third kappa shape index (κ3) is 2.74. The van der Waals surface area contributed by atoms with Crippen LogP contribution in [0.2, 0.25) is 0 Å². The Balaban J connectivity index is 2.12. The average Bonchev–Trinajstić information content (AvgIpc) is 2.87. The van der Waals surface area contributed by atoms with Gasteiger partial charge in [0.05, 0.1) is 19.3 Å². The van der Waals surface area contributed by atoms with Crippen LogP contribution >= 0.6 is 0 Å². The Hall–Kier alpha value is -1.86. The van der Waals surface area contributed by atoms with Gasteiger partial charge in [-0.3, -0.25) is 9.97 Å². The molecule has 0 aromatic carbocycles. The quantitative estimate of drug-likeness (QED) is 0.747. The van der Waals surface area contributed by atoms with Crippen molar-refractivity contribution in [3.05, 3.63) is 60.2 Å². The van der Waals surface area contributed by atoms with Crippen LogP contribution in [-0.2, 0) is 10.3 Å². The van der Waals surface area contributed by atoms with Gasteiger partial charge in [-0.25, -0.2) is 0 Å². The maximum atomic E-state index is 10.7. The zero-order valence-corrected chi connectivity index (χ0v) is 12.6. The summed E-state index contributed by atoms with van der Waals surface area (Å²) in [5, 5.41) is 30.2. The molecule has 23 heavy (non-hydrogen) atoms. The number of aliphatic hydroxyl groups excluding tert-OH is 3. The summed E-state index contributed by atoms with van der Waals surface area (Å²) < 4.78 is 5.95. The van der Waals surface area contributed by atoms with Crippen LogP contribution in [0.3, 0.4) is 0 Å². The van der Waals surface area contributed by atoms with E-state index in [-0.39, 0.29) is 19.1 Å². The first-order valence-corrected chi connectivity index (χ1v) is 7.61. The molecule has 0 aliphatic heterocycles. The van der Waals surface area contributed by atoms with Crippen LogP contribution < -0.4 is 0 Å². The van der Waals surface area contributed by atoms with E-state index in [1.165, 1.54) is 0 Å². The number of aromatic nitrogens is 2. The second-order valence-corrected chi connectivity index (χ2v) is 5.69. The van der Waals surface area contributed by atoms with Gasteiger partial charge in [0.2, 0.25) is 0 Å². The zero-order valence-electron chi connectivity index (χ0n) is 12.6. The van der Waals surface area contributed by atoms with Gasteiger partial charge in [-0.1, -0.05) is 12.1 Å². The highest BCUT2D eigenvalue weighted by Crippen LogP contribution is 2.51. The lowest BCUT2D eigenvalue weighted by atomic mass is 9.79. The van der Waals surface area contributed by atoms with E-state index in [4.69, 9.17) is 4.74 Å². The van der Waals surface area contributed by atoms with Crippen LogP contribution in [0.1, 0.15) is 23.5 Å². The molecule has 1 fully saturated rings. The van der Waals surface area contributed by atoms with Crippen LogP contribution in [0.5, 0.6) is 0 Å². The molecule has 2 heterocycles. The van der Waals surface area contributed by atoms with E-state index in [1.807, 2.05) is 18.2 Å². The van der Waals surface area contributed by atoms with Crippen molar-refractivity contribution in [1.82, 2.24) is 9.97 Å². The monoisotopic (exact) mass is 316 g/mol. The molecule has 2 aromatic rings. The third-order valence-corrected chi connectivity index (χ3v) is 4.43. The first-order chi connectivity index (χ1) is 11.2. The van der Waals surface area contributed by atoms with E-state index in [1.54, 1.807) is 30.9 Å². The van der Waals surface area contributed by atoms with Crippen LogP contribution in [0, 0.1) is 0 Å². The summed E-state index contributed by atoms with van der Waals surface area (Å²) in [6, 6.07) is 7.29. The Morgan fingerprint density at radius 3 is 2.48 bits per heavy atom. The van der Waals surface area contributed by atoms with Crippen molar-refractivity contribution in [1.29, 1.82) is 0 Å². The Morgan fingerprint density at radius 1 is 1.13 bits per heavy atom. The van der Waals surface area contributed by atoms with E-state index in [9.17, 15) is 15.3 Å². The van der Waals surface area contributed by atoms with Crippen molar-refractivity contribution >= 4 is 0 Å². The number of hydrogen-bond donors (Lipinski definition) is 3. The van der Waals surface area contributed by atoms with Gasteiger partial charge in [0, 0.05) is 36.3 Å². The number of aliphatic hydroxyl groups is 3. The topological polar surface area (TPSA) is 95.7 Å². The minimum absolute atomic E-state index is 0.0510. The highest BCUT2D eigenvalue weighted by molar-refractivity contribution is 5.34. The molecule has 1 saturated carbocycles. The lowest BCUT2D eigenvalue weighted by Gasteiger charge is -2.38. The molecule has 0 radical (unpaired) electrons. The number of pyridine rings is 2. The summed E-state index contributed by atoms with van der Waals surface area (Å²) in [4.78, 5) is 8.25. The first-order valence-electron chi connectivity index (χ1n) is 7.61. The van der Waals surface area contributed by atoms with Gasteiger partial charge in [-0.15, -0.1) is 0 Å². The summed E-state index contributed by atoms with van der Waals surface area (Å²) in [7, 11) is 0. The Morgan fingerprint density at radius 2 is 1.87 bits per heavy atom. The fourth-order valence-electron chi connectivity index (χ4n) is 3.45. The molecule has 122 valence electrons. The lowest BCUT2D eigenvalue weighted by molar-refractivity contribution is -0.146. The predicted molar refractivity (Wildman–Crippen MR) is 82.6 cm³/mol. The number of hydrogen-bond acceptors (Lipinski definition) is 6. The molecule has 0 amide bonds. The lowest BCUT2D eigenvalue weighted by Crippen LogP contribution is -2.45.